The zero-order valence-electron chi connectivity index (χ0n) is 12.2. The summed E-state index contributed by atoms with van der Waals surface area (Å²) in [5.41, 5.74) is 2.23. The molecule has 1 aromatic carbocycles. The first-order chi connectivity index (χ1) is 9.21. The van der Waals surface area contributed by atoms with Crippen molar-refractivity contribution in [3.05, 3.63) is 23.3 Å². The van der Waals surface area contributed by atoms with Gasteiger partial charge in [0.1, 0.15) is 11.5 Å². The van der Waals surface area contributed by atoms with Crippen LogP contribution in [0, 0.1) is 6.92 Å². The van der Waals surface area contributed by atoms with Gasteiger partial charge in [0.15, 0.2) is 0 Å². The van der Waals surface area contributed by atoms with Gasteiger partial charge < -0.3 is 20.1 Å². The van der Waals surface area contributed by atoms with Gasteiger partial charge in [0.2, 0.25) is 0 Å². The Morgan fingerprint density at radius 1 is 1.26 bits per heavy atom. The van der Waals surface area contributed by atoms with Gasteiger partial charge in [-0.3, -0.25) is 0 Å². The van der Waals surface area contributed by atoms with Crippen LogP contribution in [-0.4, -0.2) is 33.9 Å². The van der Waals surface area contributed by atoms with Crippen molar-refractivity contribution in [2.24, 2.45) is 0 Å². The molecular weight excluding hydrogens is 240 g/mol. The summed E-state index contributed by atoms with van der Waals surface area (Å²) in [6, 6.07) is 5.05. The van der Waals surface area contributed by atoms with E-state index in [1.807, 2.05) is 20.0 Å². The largest absolute Gasteiger partial charge is 0.496 e. The van der Waals surface area contributed by atoms with Gasteiger partial charge in [-0.2, -0.15) is 0 Å². The Kier molecular flexibility index (Phi) is 4.66. The molecular formula is C15H24N2O2. The molecule has 4 heteroatoms. The quantitative estimate of drug-likeness (QED) is 0.791. The summed E-state index contributed by atoms with van der Waals surface area (Å²) in [6.45, 7) is 2.95. The average molecular weight is 264 g/mol. The van der Waals surface area contributed by atoms with Gasteiger partial charge in [-0.1, -0.05) is 0 Å². The van der Waals surface area contributed by atoms with Crippen LogP contribution in [0.15, 0.2) is 12.1 Å². The number of likely N-dealkylation sites (N-methyl/N-ethyl adjacent to an activating group) is 1. The van der Waals surface area contributed by atoms with Crippen molar-refractivity contribution in [2.75, 3.05) is 27.8 Å². The first kappa shape index (κ1) is 14.2. The number of hydrogen-bond donors (Lipinski definition) is 2. The van der Waals surface area contributed by atoms with Crippen molar-refractivity contribution in [3.8, 4) is 11.5 Å². The molecule has 0 radical (unpaired) electrons. The molecule has 0 aromatic heterocycles. The highest BCUT2D eigenvalue weighted by atomic mass is 16.5. The molecule has 1 aromatic rings. The SMILES string of the molecule is CNC(CNC1CC1)c1ccc(OC)c(C)c1OC. The molecule has 2 N–H and O–H groups in total. The Labute approximate surface area is 115 Å². The normalized spacial score (nSPS) is 16.2. The minimum atomic E-state index is 0.250. The van der Waals surface area contributed by atoms with E-state index in [-0.39, 0.29) is 6.04 Å². The van der Waals surface area contributed by atoms with Gasteiger partial charge in [-0.05, 0) is 38.9 Å². The number of methoxy groups -OCH3 is 2. The summed E-state index contributed by atoms with van der Waals surface area (Å²) in [4.78, 5) is 0. The van der Waals surface area contributed by atoms with Crippen molar-refractivity contribution in [1.29, 1.82) is 0 Å². The highest BCUT2D eigenvalue weighted by Crippen LogP contribution is 2.34. The van der Waals surface area contributed by atoms with E-state index in [1.54, 1.807) is 14.2 Å². The van der Waals surface area contributed by atoms with Crippen LogP contribution in [0.4, 0.5) is 0 Å². The van der Waals surface area contributed by atoms with Gasteiger partial charge in [-0.15, -0.1) is 0 Å². The number of nitrogens with one attached hydrogen (secondary N) is 2. The van der Waals surface area contributed by atoms with Gasteiger partial charge in [-0.25, -0.2) is 0 Å². The molecule has 0 bridgehead atoms. The van der Waals surface area contributed by atoms with E-state index in [9.17, 15) is 0 Å². The molecule has 1 fully saturated rings. The summed E-state index contributed by atoms with van der Waals surface area (Å²) < 4.78 is 10.9. The predicted molar refractivity (Wildman–Crippen MR) is 77.1 cm³/mol. The molecule has 1 unspecified atom stereocenters. The molecule has 0 saturated heterocycles. The van der Waals surface area contributed by atoms with Crippen LogP contribution in [0.2, 0.25) is 0 Å². The van der Waals surface area contributed by atoms with Crippen molar-refractivity contribution in [2.45, 2.75) is 31.8 Å². The summed E-state index contributed by atoms with van der Waals surface area (Å²) in [6.07, 6.45) is 2.60. The standard InChI is InChI=1S/C15H24N2O2/c1-10-14(18-3)8-7-12(15(10)19-4)13(16-2)9-17-11-5-6-11/h7-8,11,13,16-17H,5-6,9H2,1-4H3. The van der Waals surface area contributed by atoms with Crippen LogP contribution in [0.3, 0.4) is 0 Å². The minimum Gasteiger partial charge on any atom is -0.496 e. The fourth-order valence-corrected chi connectivity index (χ4v) is 2.40. The van der Waals surface area contributed by atoms with Gasteiger partial charge in [0.25, 0.3) is 0 Å². The minimum absolute atomic E-state index is 0.250. The number of ether oxygens (including phenoxy) is 2. The lowest BCUT2D eigenvalue weighted by atomic mass is 10.0. The Bertz CT molecular complexity index is 430. The second-order valence-corrected chi connectivity index (χ2v) is 5.04. The molecule has 0 aliphatic heterocycles. The number of rotatable bonds is 7. The Hall–Kier alpha value is -1.26. The zero-order valence-corrected chi connectivity index (χ0v) is 12.2. The summed E-state index contributed by atoms with van der Waals surface area (Å²) >= 11 is 0. The molecule has 1 atom stereocenters. The molecule has 106 valence electrons. The second kappa shape index (κ2) is 6.26. The van der Waals surface area contributed by atoms with Crippen LogP contribution in [0.25, 0.3) is 0 Å². The number of hydrogen-bond acceptors (Lipinski definition) is 4. The van der Waals surface area contributed by atoms with Crippen LogP contribution in [0.1, 0.15) is 30.0 Å². The first-order valence-corrected chi connectivity index (χ1v) is 6.83. The summed E-state index contributed by atoms with van der Waals surface area (Å²) in [5, 5.41) is 6.91. The van der Waals surface area contributed by atoms with Gasteiger partial charge in [0.05, 0.1) is 14.2 Å². The predicted octanol–water partition coefficient (Wildman–Crippen LogP) is 2.02. The lowest BCUT2D eigenvalue weighted by molar-refractivity contribution is 0.378. The Morgan fingerprint density at radius 2 is 2.00 bits per heavy atom. The molecule has 2 rings (SSSR count). The molecule has 1 aliphatic rings. The average Bonchev–Trinajstić information content (AvgIpc) is 3.24. The lowest BCUT2D eigenvalue weighted by Gasteiger charge is -2.22. The zero-order chi connectivity index (χ0) is 13.8. The maximum absolute atomic E-state index is 5.58. The molecule has 1 aliphatic carbocycles. The maximum Gasteiger partial charge on any atom is 0.130 e. The molecule has 1 saturated carbocycles. The van der Waals surface area contributed by atoms with Gasteiger partial charge >= 0.3 is 0 Å². The summed E-state index contributed by atoms with van der Waals surface area (Å²) in [7, 11) is 5.39. The molecule has 0 heterocycles. The van der Waals surface area contributed by atoms with E-state index in [4.69, 9.17) is 9.47 Å². The molecule has 19 heavy (non-hydrogen) atoms. The smallest absolute Gasteiger partial charge is 0.130 e. The fourth-order valence-electron chi connectivity index (χ4n) is 2.40. The third kappa shape index (κ3) is 3.19. The highest BCUT2D eigenvalue weighted by molar-refractivity contribution is 5.50. The third-order valence-electron chi connectivity index (χ3n) is 3.72. The van der Waals surface area contributed by atoms with Crippen LogP contribution >= 0.6 is 0 Å². The Balaban J connectivity index is 2.22. The van der Waals surface area contributed by atoms with E-state index in [1.165, 1.54) is 18.4 Å². The van der Waals surface area contributed by atoms with Crippen LogP contribution in [-0.2, 0) is 0 Å². The van der Waals surface area contributed by atoms with E-state index in [0.29, 0.717) is 6.04 Å². The molecule has 4 nitrogen and oxygen atoms in total. The Morgan fingerprint density at radius 3 is 2.53 bits per heavy atom. The van der Waals surface area contributed by atoms with Crippen molar-refractivity contribution in [1.82, 2.24) is 10.6 Å². The van der Waals surface area contributed by atoms with Gasteiger partial charge in [0, 0.05) is 29.8 Å². The van der Waals surface area contributed by atoms with Crippen molar-refractivity contribution < 1.29 is 9.47 Å². The van der Waals surface area contributed by atoms with Crippen LogP contribution in [0.5, 0.6) is 11.5 Å². The monoisotopic (exact) mass is 264 g/mol. The second-order valence-electron chi connectivity index (χ2n) is 5.04. The fraction of sp³-hybridized carbons (Fsp3) is 0.600. The van der Waals surface area contributed by atoms with Crippen molar-refractivity contribution >= 4 is 0 Å². The van der Waals surface area contributed by atoms with E-state index < -0.39 is 0 Å². The first-order valence-electron chi connectivity index (χ1n) is 6.83. The molecule has 0 amide bonds. The van der Waals surface area contributed by atoms with E-state index >= 15 is 0 Å². The lowest BCUT2D eigenvalue weighted by Crippen LogP contribution is -2.31. The maximum atomic E-state index is 5.58. The topological polar surface area (TPSA) is 42.5 Å². The molecule has 0 spiro atoms. The van der Waals surface area contributed by atoms with Crippen molar-refractivity contribution in [3.63, 3.8) is 0 Å². The summed E-state index contributed by atoms with van der Waals surface area (Å²) in [5.74, 6) is 1.78. The highest BCUT2D eigenvalue weighted by Gasteiger charge is 2.24. The number of benzene rings is 1. The van der Waals surface area contributed by atoms with E-state index in [2.05, 4.69) is 16.7 Å². The van der Waals surface area contributed by atoms with E-state index in [0.717, 1.165) is 23.6 Å². The van der Waals surface area contributed by atoms with Crippen LogP contribution < -0.4 is 20.1 Å². The third-order valence-corrected chi connectivity index (χ3v) is 3.72.